The molecule has 1 aliphatic heterocycles. The summed E-state index contributed by atoms with van der Waals surface area (Å²) in [6.07, 6.45) is 1.51. The van der Waals surface area contributed by atoms with Crippen molar-refractivity contribution in [3.63, 3.8) is 0 Å². The lowest BCUT2D eigenvalue weighted by molar-refractivity contribution is -0.147. The first-order valence-electron chi connectivity index (χ1n) is 10.3. The highest BCUT2D eigenvalue weighted by Gasteiger charge is 2.38. The number of aldehydes is 1. The monoisotopic (exact) mass is 440 g/mol. The normalized spacial score (nSPS) is 19.0. The Morgan fingerprint density at radius 1 is 1.06 bits per heavy atom. The molecule has 0 aromatic carbocycles. The van der Waals surface area contributed by atoms with Gasteiger partial charge in [0.25, 0.3) is 0 Å². The molecule has 4 N–H and O–H groups in total. The third-order valence-electron chi connectivity index (χ3n) is 5.02. The van der Waals surface area contributed by atoms with Crippen LogP contribution in [0.15, 0.2) is 0 Å². The van der Waals surface area contributed by atoms with Gasteiger partial charge in [0, 0.05) is 13.5 Å². The van der Waals surface area contributed by atoms with Crippen LogP contribution in [0.25, 0.3) is 0 Å². The average Bonchev–Trinajstić information content (AvgIpc) is 2.69. The van der Waals surface area contributed by atoms with Crippen molar-refractivity contribution in [2.45, 2.75) is 77.5 Å². The van der Waals surface area contributed by atoms with Gasteiger partial charge in [0.15, 0.2) is 0 Å². The minimum Gasteiger partial charge on any atom is -0.481 e. The van der Waals surface area contributed by atoms with E-state index in [9.17, 15) is 28.8 Å². The Kier molecular flexibility index (Phi) is 10.1. The van der Waals surface area contributed by atoms with Crippen molar-refractivity contribution in [2.75, 3.05) is 6.54 Å². The predicted octanol–water partition coefficient (Wildman–Crippen LogP) is -0.809. The topological polar surface area (TPSA) is 162 Å². The number of aliphatic carboxylic acids is 1. The van der Waals surface area contributed by atoms with Crippen molar-refractivity contribution in [1.29, 1.82) is 0 Å². The van der Waals surface area contributed by atoms with E-state index in [1.807, 2.05) is 0 Å². The summed E-state index contributed by atoms with van der Waals surface area (Å²) in [5.41, 5.74) is 0. The van der Waals surface area contributed by atoms with Gasteiger partial charge in [-0.2, -0.15) is 0 Å². The highest BCUT2D eigenvalue weighted by atomic mass is 16.4. The van der Waals surface area contributed by atoms with E-state index >= 15 is 0 Å². The Hall–Kier alpha value is -2.98. The lowest BCUT2D eigenvalue weighted by atomic mass is 9.96. The van der Waals surface area contributed by atoms with Crippen LogP contribution in [0.5, 0.6) is 0 Å². The highest BCUT2D eigenvalue weighted by molar-refractivity contribution is 5.94. The molecule has 1 saturated heterocycles. The maximum Gasteiger partial charge on any atom is 0.305 e. The molecule has 0 unspecified atom stereocenters. The number of nitrogens with zero attached hydrogens (tertiary/aromatic N) is 1. The van der Waals surface area contributed by atoms with E-state index in [-0.39, 0.29) is 11.8 Å². The summed E-state index contributed by atoms with van der Waals surface area (Å²) in [5.74, 6) is -3.48. The van der Waals surface area contributed by atoms with E-state index in [2.05, 4.69) is 16.0 Å². The molecule has 0 spiro atoms. The van der Waals surface area contributed by atoms with E-state index in [0.717, 1.165) is 0 Å². The number of piperidine rings is 1. The molecule has 11 heteroatoms. The summed E-state index contributed by atoms with van der Waals surface area (Å²) in [6, 6.07) is -3.82. The Labute approximate surface area is 181 Å². The fourth-order valence-corrected chi connectivity index (χ4v) is 3.41. The number of carbonyl (C=O) groups excluding carboxylic acids is 5. The number of hydrogen-bond acceptors (Lipinski definition) is 6. The predicted molar refractivity (Wildman–Crippen MR) is 110 cm³/mol. The number of nitrogens with one attached hydrogen (secondary N) is 3. The number of carboxylic acid groups (broad SMARTS) is 1. The van der Waals surface area contributed by atoms with E-state index in [1.165, 1.54) is 18.7 Å². The minimum atomic E-state index is -1.23. The van der Waals surface area contributed by atoms with Crippen LogP contribution in [-0.2, 0) is 28.8 Å². The zero-order valence-corrected chi connectivity index (χ0v) is 18.3. The highest BCUT2D eigenvalue weighted by Crippen LogP contribution is 2.20. The van der Waals surface area contributed by atoms with Crippen molar-refractivity contribution in [3.05, 3.63) is 0 Å². The second kappa shape index (κ2) is 12.0. The lowest BCUT2D eigenvalue weighted by Gasteiger charge is -2.38. The van der Waals surface area contributed by atoms with Crippen molar-refractivity contribution < 1.29 is 33.9 Å². The van der Waals surface area contributed by atoms with Crippen LogP contribution in [0.4, 0.5) is 0 Å². The van der Waals surface area contributed by atoms with Gasteiger partial charge in [0.05, 0.1) is 12.5 Å². The van der Waals surface area contributed by atoms with Crippen molar-refractivity contribution in [3.8, 4) is 0 Å². The summed E-state index contributed by atoms with van der Waals surface area (Å²) in [4.78, 5) is 72.9. The van der Waals surface area contributed by atoms with Gasteiger partial charge in [0.2, 0.25) is 23.6 Å². The molecule has 4 atom stereocenters. The first kappa shape index (κ1) is 26.1. The van der Waals surface area contributed by atoms with Gasteiger partial charge in [0.1, 0.15) is 24.4 Å². The van der Waals surface area contributed by atoms with Crippen LogP contribution in [-0.4, -0.2) is 76.6 Å². The van der Waals surface area contributed by atoms with Gasteiger partial charge in [-0.25, -0.2) is 0 Å². The Morgan fingerprint density at radius 3 is 2.23 bits per heavy atom. The molecule has 31 heavy (non-hydrogen) atoms. The maximum absolute atomic E-state index is 13.2. The maximum atomic E-state index is 13.2. The summed E-state index contributed by atoms with van der Waals surface area (Å²) < 4.78 is 0. The molecule has 0 saturated carbocycles. The molecule has 0 bridgehead atoms. The zero-order valence-electron chi connectivity index (χ0n) is 18.3. The van der Waals surface area contributed by atoms with Crippen molar-refractivity contribution in [1.82, 2.24) is 20.9 Å². The molecule has 1 aliphatic rings. The number of carboxylic acids is 1. The van der Waals surface area contributed by atoms with Gasteiger partial charge in [-0.1, -0.05) is 13.8 Å². The molecule has 0 radical (unpaired) electrons. The second-order valence-electron chi connectivity index (χ2n) is 8.04. The van der Waals surface area contributed by atoms with E-state index < -0.39 is 54.3 Å². The lowest BCUT2D eigenvalue weighted by Crippen LogP contribution is -2.60. The molecule has 0 aromatic heterocycles. The zero-order chi connectivity index (χ0) is 23.7. The number of rotatable bonds is 10. The van der Waals surface area contributed by atoms with Gasteiger partial charge >= 0.3 is 5.97 Å². The van der Waals surface area contributed by atoms with Gasteiger partial charge < -0.3 is 30.8 Å². The Bertz CT molecular complexity index is 710. The number of amides is 4. The third kappa shape index (κ3) is 7.99. The third-order valence-corrected chi connectivity index (χ3v) is 5.02. The van der Waals surface area contributed by atoms with Crippen molar-refractivity contribution >= 4 is 35.9 Å². The standard InChI is InChI=1S/C20H32N4O7/c1-11(2)17(23-18(29)12(3)21-13(4)26)20(31)24-8-6-5-7-15(24)19(30)22-14(10-25)9-16(27)28/h10-12,14-15,17H,5-9H2,1-4H3,(H,21,26)(H,22,30)(H,23,29)(H,27,28)/t12-,14-,15-,17-/m0/s1. The fraction of sp³-hybridized carbons (Fsp3) is 0.700. The quantitative estimate of drug-likeness (QED) is 0.323. The number of hydrogen-bond donors (Lipinski definition) is 4. The molecule has 4 amide bonds. The molecule has 1 fully saturated rings. The fourth-order valence-electron chi connectivity index (χ4n) is 3.41. The largest absolute Gasteiger partial charge is 0.481 e. The minimum absolute atomic E-state index is 0.290. The molecule has 0 aliphatic carbocycles. The molecular weight excluding hydrogens is 408 g/mol. The SMILES string of the molecule is CC(=O)N[C@@H](C)C(=O)N[C@H](C(=O)N1CCCC[C@H]1C(=O)N[C@H](C=O)CC(=O)O)C(C)C. The smallest absolute Gasteiger partial charge is 0.305 e. The van der Waals surface area contributed by atoms with Crippen molar-refractivity contribution in [2.24, 2.45) is 5.92 Å². The summed E-state index contributed by atoms with van der Waals surface area (Å²) in [6.45, 7) is 6.57. The van der Waals surface area contributed by atoms with Gasteiger partial charge in [-0.3, -0.25) is 24.0 Å². The summed E-state index contributed by atoms with van der Waals surface area (Å²) in [7, 11) is 0. The Balaban J connectivity index is 2.96. The first-order chi connectivity index (χ1) is 14.5. The van der Waals surface area contributed by atoms with Crippen LogP contribution in [0.1, 0.15) is 53.4 Å². The molecule has 1 heterocycles. The van der Waals surface area contributed by atoms with Gasteiger partial charge in [-0.05, 0) is 32.1 Å². The van der Waals surface area contributed by atoms with E-state index in [0.29, 0.717) is 32.1 Å². The van der Waals surface area contributed by atoms with Crippen LogP contribution < -0.4 is 16.0 Å². The van der Waals surface area contributed by atoms with Crippen LogP contribution in [0.3, 0.4) is 0 Å². The average molecular weight is 440 g/mol. The molecular formula is C20H32N4O7. The first-order valence-corrected chi connectivity index (χ1v) is 10.3. The Morgan fingerprint density at radius 2 is 1.71 bits per heavy atom. The molecule has 174 valence electrons. The van der Waals surface area contributed by atoms with Crippen LogP contribution >= 0.6 is 0 Å². The van der Waals surface area contributed by atoms with E-state index in [4.69, 9.17) is 5.11 Å². The molecule has 1 rings (SSSR count). The van der Waals surface area contributed by atoms with Gasteiger partial charge in [-0.15, -0.1) is 0 Å². The van der Waals surface area contributed by atoms with Crippen LogP contribution in [0.2, 0.25) is 0 Å². The number of likely N-dealkylation sites (tertiary alicyclic amines) is 1. The van der Waals surface area contributed by atoms with Crippen LogP contribution in [0, 0.1) is 5.92 Å². The molecule has 0 aromatic rings. The summed E-state index contributed by atoms with van der Waals surface area (Å²) >= 11 is 0. The summed E-state index contributed by atoms with van der Waals surface area (Å²) in [5, 5.41) is 16.3. The second-order valence-corrected chi connectivity index (χ2v) is 8.04. The molecule has 11 nitrogen and oxygen atoms in total. The van der Waals surface area contributed by atoms with E-state index in [1.54, 1.807) is 13.8 Å². The number of carbonyl (C=O) groups is 6.